The summed E-state index contributed by atoms with van der Waals surface area (Å²) in [6.45, 7) is 6.75. The van der Waals surface area contributed by atoms with Crippen LogP contribution in [0, 0.1) is 12.7 Å². The molecule has 1 aromatic heterocycles. The van der Waals surface area contributed by atoms with E-state index in [0.29, 0.717) is 30.2 Å². The van der Waals surface area contributed by atoms with Crippen LogP contribution in [0.1, 0.15) is 25.3 Å². The molecule has 2 atom stereocenters. The number of halogens is 1. The lowest BCUT2D eigenvalue weighted by Crippen LogP contribution is -2.53. The van der Waals surface area contributed by atoms with Crippen molar-refractivity contribution >= 4 is 5.91 Å². The van der Waals surface area contributed by atoms with Crippen LogP contribution >= 0.6 is 0 Å². The van der Waals surface area contributed by atoms with Gasteiger partial charge in [0.25, 0.3) is 0 Å². The second-order valence-corrected chi connectivity index (χ2v) is 6.22. The third kappa shape index (κ3) is 3.19. The summed E-state index contributed by atoms with van der Waals surface area (Å²) in [7, 11) is 0. The van der Waals surface area contributed by atoms with E-state index in [4.69, 9.17) is 9.15 Å². The van der Waals surface area contributed by atoms with Gasteiger partial charge in [0, 0.05) is 0 Å². The first-order chi connectivity index (χ1) is 11.5. The van der Waals surface area contributed by atoms with Crippen molar-refractivity contribution in [1.82, 2.24) is 9.88 Å². The molecule has 0 radical (unpaired) electrons. The fourth-order valence-electron chi connectivity index (χ4n) is 3.07. The van der Waals surface area contributed by atoms with E-state index in [1.54, 1.807) is 25.1 Å². The average Bonchev–Trinajstić information content (AvgIpc) is 2.88. The first-order valence-electron chi connectivity index (χ1n) is 8.07. The van der Waals surface area contributed by atoms with Crippen LogP contribution in [-0.2, 0) is 16.0 Å². The zero-order valence-corrected chi connectivity index (χ0v) is 14.1. The van der Waals surface area contributed by atoms with Crippen LogP contribution in [0.25, 0.3) is 11.5 Å². The number of ether oxygens (including phenoxy) is 1. The van der Waals surface area contributed by atoms with Crippen molar-refractivity contribution in [3.8, 4) is 11.5 Å². The summed E-state index contributed by atoms with van der Waals surface area (Å²) < 4.78 is 24.9. The summed E-state index contributed by atoms with van der Waals surface area (Å²) in [5, 5.41) is 0. The van der Waals surface area contributed by atoms with Crippen LogP contribution in [0.3, 0.4) is 0 Å². The Labute approximate surface area is 140 Å². The number of amides is 1. The van der Waals surface area contributed by atoms with Gasteiger partial charge in [-0.3, -0.25) is 4.79 Å². The smallest absolute Gasteiger partial charge is 0.229 e. The van der Waals surface area contributed by atoms with Gasteiger partial charge in [0.15, 0.2) is 0 Å². The van der Waals surface area contributed by atoms with Crippen LogP contribution in [0.5, 0.6) is 0 Å². The lowest BCUT2D eigenvalue weighted by atomic mass is 10.1. The molecule has 1 aliphatic heterocycles. The number of aryl methyl sites for hydroxylation is 1. The monoisotopic (exact) mass is 332 g/mol. The molecule has 1 aliphatic rings. The van der Waals surface area contributed by atoms with Crippen LogP contribution in [-0.4, -0.2) is 41.1 Å². The van der Waals surface area contributed by atoms with E-state index in [2.05, 4.69) is 4.98 Å². The molecule has 1 aromatic carbocycles. The Hall–Kier alpha value is -2.21. The Balaban J connectivity index is 1.81. The fraction of sp³-hybridized carbons (Fsp3) is 0.444. The zero-order valence-electron chi connectivity index (χ0n) is 14.1. The van der Waals surface area contributed by atoms with Crippen molar-refractivity contribution in [2.45, 2.75) is 39.3 Å². The molecule has 24 heavy (non-hydrogen) atoms. The van der Waals surface area contributed by atoms with E-state index >= 15 is 0 Å². The molecule has 1 fully saturated rings. The highest BCUT2D eigenvalue weighted by Gasteiger charge is 2.30. The standard InChI is InChI=1S/C18H21FN2O3/c1-11-9-23-10-12(2)21(11)17(22)8-16-13(3)24-18(20-16)14-6-4-5-7-15(14)19/h4-7,11-12H,8-10H2,1-3H3. The summed E-state index contributed by atoms with van der Waals surface area (Å²) >= 11 is 0. The summed E-state index contributed by atoms with van der Waals surface area (Å²) in [4.78, 5) is 18.8. The first kappa shape index (κ1) is 16.6. The molecule has 0 spiro atoms. The number of hydrogen-bond acceptors (Lipinski definition) is 4. The molecular weight excluding hydrogens is 311 g/mol. The minimum Gasteiger partial charge on any atom is -0.441 e. The highest BCUT2D eigenvalue weighted by atomic mass is 19.1. The highest BCUT2D eigenvalue weighted by Crippen LogP contribution is 2.25. The van der Waals surface area contributed by atoms with Gasteiger partial charge < -0.3 is 14.1 Å². The Bertz CT molecular complexity index is 734. The topological polar surface area (TPSA) is 55.6 Å². The lowest BCUT2D eigenvalue weighted by molar-refractivity contribution is -0.143. The minimum atomic E-state index is -0.396. The van der Waals surface area contributed by atoms with Gasteiger partial charge in [-0.25, -0.2) is 9.37 Å². The van der Waals surface area contributed by atoms with E-state index in [-0.39, 0.29) is 30.3 Å². The number of hydrogen-bond donors (Lipinski definition) is 0. The van der Waals surface area contributed by atoms with Crippen LogP contribution < -0.4 is 0 Å². The van der Waals surface area contributed by atoms with Gasteiger partial charge in [-0.2, -0.15) is 0 Å². The number of nitrogens with zero attached hydrogens (tertiary/aromatic N) is 2. The van der Waals surface area contributed by atoms with E-state index in [9.17, 15) is 9.18 Å². The minimum absolute atomic E-state index is 0.0187. The number of carbonyl (C=O) groups excluding carboxylic acids is 1. The predicted octanol–water partition coefficient (Wildman–Crippen LogP) is 2.97. The molecule has 6 heteroatoms. The van der Waals surface area contributed by atoms with Gasteiger partial charge in [0.05, 0.1) is 43.0 Å². The molecule has 0 aliphatic carbocycles. The predicted molar refractivity (Wildman–Crippen MR) is 86.9 cm³/mol. The maximum absolute atomic E-state index is 13.9. The fourth-order valence-corrected chi connectivity index (χ4v) is 3.07. The zero-order chi connectivity index (χ0) is 17.3. The molecular formula is C18H21FN2O3. The molecule has 3 rings (SSSR count). The van der Waals surface area contributed by atoms with Gasteiger partial charge in [-0.15, -0.1) is 0 Å². The Morgan fingerprint density at radius 2 is 1.96 bits per heavy atom. The maximum Gasteiger partial charge on any atom is 0.229 e. The second kappa shape index (κ2) is 6.73. The van der Waals surface area contributed by atoms with Crippen LogP contribution in [0.4, 0.5) is 4.39 Å². The average molecular weight is 332 g/mol. The second-order valence-electron chi connectivity index (χ2n) is 6.22. The Kier molecular flexibility index (Phi) is 4.66. The van der Waals surface area contributed by atoms with E-state index in [1.807, 2.05) is 18.7 Å². The van der Waals surface area contributed by atoms with Gasteiger partial charge in [-0.05, 0) is 32.9 Å². The van der Waals surface area contributed by atoms with Crippen molar-refractivity contribution in [3.05, 3.63) is 41.5 Å². The number of oxazole rings is 1. The molecule has 1 amide bonds. The molecule has 2 aromatic rings. The maximum atomic E-state index is 13.9. The van der Waals surface area contributed by atoms with Crippen LogP contribution in [0.2, 0.25) is 0 Å². The van der Waals surface area contributed by atoms with Crippen molar-refractivity contribution in [1.29, 1.82) is 0 Å². The van der Waals surface area contributed by atoms with Gasteiger partial charge in [0.1, 0.15) is 11.6 Å². The number of rotatable bonds is 3. The van der Waals surface area contributed by atoms with Crippen molar-refractivity contribution in [2.75, 3.05) is 13.2 Å². The number of benzene rings is 1. The summed E-state index contributed by atoms with van der Waals surface area (Å²) in [5.41, 5.74) is 0.844. The molecule has 0 N–H and O–H groups in total. The SMILES string of the molecule is Cc1oc(-c2ccccc2F)nc1CC(=O)N1C(C)COCC1C. The lowest BCUT2D eigenvalue weighted by Gasteiger charge is -2.38. The molecule has 1 saturated heterocycles. The normalized spacial score (nSPS) is 21.1. The van der Waals surface area contributed by atoms with E-state index in [0.717, 1.165) is 0 Å². The van der Waals surface area contributed by atoms with Gasteiger partial charge in [-0.1, -0.05) is 12.1 Å². The van der Waals surface area contributed by atoms with Crippen molar-refractivity contribution in [2.24, 2.45) is 0 Å². The largest absolute Gasteiger partial charge is 0.441 e. The first-order valence-corrected chi connectivity index (χ1v) is 8.07. The Morgan fingerprint density at radius 1 is 1.29 bits per heavy atom. The molecule has 2 heterocycles. The highest BCUT2D eigenvalue weighted by molar-refractivity contribution is 5.79. The van der Waals surface area contributed by atoms with Gasteiger partial charge in [0.2, 0.25) is 11.8 Å². The molecule has 2 unspecified atom stereocenters. The van der Waals surface area contributed by atoms with Gasteiger partial charge >= 0.3 is 0 Å². The molecule has 0 bridgehead atoms. The quantitative estimate of drug-likeness (QED) is 0.867. The number of morpholine rings is 1. The molecule has 5 nitrogen and oxygen atoms in total. The third-order valence-corrected chi connectivity index (χ3v) is 4.27. The molecule has 0 saturated carbocycles. The van der Waals surface area contributed by atoms with Crippen molar-refractivity contribution < 1.29 is 18.3 Å². The summed E-state index contributed by atoms with van der Waals surface area (Å²) in [6, 6.07) is 6.36. The molecule has 128 valence electrons. The van der Waals surface area contributed by atoms with E-state index < -0.39 is 5.82 Å². The Morgan fingerprint density at radius 3 is 2.62 bits per heavy atom. The van der Waals surface area contributed by atoms with E-state index in [1.165, 1.54) is 6.07 Å². The number of aromatic nitrogens is 1. The summed E-state index contributed by atoms with van der Waals surface area (Å²) in [5.74, 6) is 0.327. The number of carbonyl (C=O) groups is 1. The third-order valence-electron chi connectivity index (χ3n) is 4.27. The summed E-state index contributed by atoms with van der Waals surface area (Å²) in [6.07, 6.45) is 0.137. The van der Waals surface area contributed by atoms with Crippen molar-refractivity contribution in [3.63, 3.8) is 0 Å². The van der Waals surface area contributed by atoms with Crippen LogP contribution in [0.15, 0.2) is 28.7 Å².